The number of rotatable bonds is 3. The molecule has 1 aliphatic rings. The Labute approximate surface area is 189 Å². The minimum Gasteiger partial charge on any atom is -0.328 e. The van der Waals surface area contributed by atoms with Crippen LogP contribution in [-0.2, 0) is 13.0 Å². The smallest absolute Gasteiger partial charge is 0.280 e. The van der Waals surface area contributed by atoms with Gasteiger partial charge in [0.05, 0.1) is 16.7 Å². The monoisotopic (exact) mass is 447 g/mol. The number of nitrogens with zero attached hydrogens (tertiary/aromatic N) is 4. The fourth-order valence-electron chi connectivity index (χ4n) is 4.17. The van der Waals surface area contributed by atoms with Crippen LogP contribution in [0.3, 0.4) is 0 Å². The van der Waals surface area contributed by atoms with Crippen LogP contribution in [0.1, 0.15) is 41.3 Å². The number of hydrogen-bond donors (Lipinski definition) is 1. The van der Waals surface area contributed by atoms with Crippen LogP contribution in [0.5, 0.6) is 0 Å². The van der Waals surface area contributed by atoms with E-state index in [9.17, 15) is 9.59 Å². The van der Waals surface area contributed by atoms with Crippen LogP contribution in [0.2, 0.25) is 5.02 Å². The van der Waals surface area contributed by atoms with Crippen molar-refractivity contribution in [2.45, 2.75) is 39.2 Å². The van der Waals surface area contributed by atoms with Crippen LogP contribution >= 0.6 is 11.6 Å². The second-order valence-electron chi connectivity index (χ2n) is 8.03. The number of imidazole rings is 1. The second-order valence-corrected chi connectivity index (χ2v) is 8.47. The number of benzene rings is 2. The number of amides is 1. The van der Waals surface area contributed by atoms with Crippen molar-refractivity contribution in [3.63, 3.8) is 0 Å². The summed E-state index contributed by atoms with van der Waals surface area (Å²) in [5, 5.41) is 7.72. The molecule has 2 aromatic heterocycles. The predicted molar refractivity (Wildman–Crippen MR) is 125 cm³/mol. The fraction of sp³-hybridized carbons (Fsp3) is 0.250. The van der Waals surface area contributed by atoms with Crippen molar-refractivity contribution in [3.05, 3.63) is 81.0 Å². The SMILES string of the molecule is Cc1cc(=O)c(C(=O)Nc2ccc3c(c2)nc2n3CCCCC2)nn1-c1ccc(Cl)cc1. The molecule has 0 bridgehead atoms. The molecule has 0 spiro atoms. The Morgan fingerprint density at radius 2 is 1.88 bits per heavy atom. The lowest BCUT2D eigenvalue weighted by atomic mass is 10.2. The van der Waals surface area contributed by atoms with Gasteiger partial charge >= 0.3 is 0 Å². The van der Waals surface area contributed by atoms with E-state index in [1.165, 1.54) is 12.5 Å². The van der Waals surface area contributed by atoms with Crippen molar-refractivity contribution in [3.8, 4) is 5.69 Å². The Kier molecular flexibility index (Phi) is 5.27. The van der Waals surface area contributed by atoms with Crippen LogP contribution in [0.4, 0.5) is 5.69 Å². The van der Waals surface area contributed by atoms with Gasteiger partial charge in [0, 0.05) is 35.4 Å². The van der Waals surface area contributed by atoms with Gasteiger partial charge in [-0.3, -0.25) is 9.59 Å². The molecule has 1 amide bonds. The molecule has 1 aliphatic heterocycles. The van der Waals surface area contributed by atoms with Crippen LogP contribution in [0, 0.1) is 6.92 Å². The molecule has 8 heteroatoms. The van der Waals surface area contributed by atoms with E-state index in [0.717, 1.165) is 42.7 Å². The Balaban J connectivity index is 1.46. The summed E-state index contributed by atoms with van der Waals surface area (Å²) >= 11 is 5.97. The van der Waals surface area contributed by atoms with Crippen molar-refractivity contribution < 1.29 is 4.79 Å². The molecule has 4 aromatic rings. The van der Waals surface area contributed by atoms with Crippen LogP contribution < -0.4 is 10.7 Å². The van der Waals surface area contributed by atoms with E-state index in [1.54, 1.807) is 35.9 Å². The minimum atomic E-state index is -0.558. The van der Waals surface area contributed by atoms with E-state index in [0.29, 0.717) is 22.1 Å². The molecule has 3 heterocycles. The standard InChI is InChI=1S/C24H22ClN5O2/c1-15-13-21(31)23(28-30(15)18-9-6-16(25)7-10-18)24(32)26-17-8-11-20-19(14-17)27-22-5-3-2-4-12-29(20)22/h6-11,13-14H,2-5,12H2,1H3,(H,26,32). The number of carbonyl (C=O) groups excluding carboxylic acids is 1. The van der Waals surface area contributed by atoms with Gasteiger partial charge in [-0.15, -0.1) is 0 Å². The van der Waals surface area contributed by atoms with Crippen molar-refractivity contribution >= 4 is 34.2 Å². The van der Waals surface area contributed by atoms with Gasteiger partial charge in [-0.1, -0.05) is 18.0 Å². The van der Waals surface area contributed by atoms with Gasteiger partial charge < -0.3 is 9.88 Å². The summed E-state index contributed by atoms with van der Waals surface area (Å²) in [6, 6.07) is 14.1. The highest BCUT2D eigenvalue weighted by molar-refractivity contribution is 6.30. The molecule has 7 nitrogen and oxygen atoms in total. The first-order valence-electron chi connectivity index (χ1n) is 10.7. The maximum absolute atomic E-state index is 12.9. The third kappa shape index (κ3) is 3.80. The fourth-order valence-corrected chi connectivity index (χ4v) is 4.29. The molecule has 1 N–H and O–H groups in total. The molecule has 2 aromatic carbocycles. The molecular weight excluding hydrogens is 426 g/mol. The number of fused-ring (bicyclic) bond motifs is 3. The molecule has 0 unspecified atom stereocenters. The Hall–Kier alpha value is -3.45. The number of nitrogens with one attached hydrogen (secondary N) is 1. The van der Waals surface area contributed by atoms with Gasteiger partial charge in [0.1, 0.15) is 5.82 Å². The van der Waals surface area contributed by atoms with Crippen molar-refractivity contribution in [1.82, 2.24) is 19.3 Å². The molecule has 0 atom stereocenters. The van der Waals surface area contributed by atoms with Crippen LogP contribution in [0.25, 0.3) is 16.7 Å². The molecular formula is C24H22ClN5O2. The van der Waals surface area contributed by atoms with Gasteiger partial charge in [-0.25, -0.2) is 9.67 Å². The average Bonchev–Trinajstić information content (AvgIpc) is 2.94. The first kappa shape index (κ1) is 20.5. The summed E-state index contributed by atoms with van der Waals surface area (Å²) in [4.78, 5) is 30.2. The van der Waals surface area contributed by atoms with E-state index >= 15 is 0 Å². The number of aromatic nitrogens is 4. The number of halogens is 1. The van der Waals surface area contributed by atoms with Crippen LogP contribution in [-0.4, -0.2) is 25.2 Å². The zero-order valence-corrected chi connectivity index (χ0v) is 18.4. The quantitative estimate of drug-likeness (QED) is 0.500. The topological polar surface area (TPSA) is 81.8 Å². The Bertz CT molecular complexity index is 1390. The molecule has 0 saturated heterocycles. The second kappa shape index (κ2) is 8.24. The molecule has 5 rings (SSSR count). The zero-order chi connectivity index (χ0) is 22.2. The van der Waals surface area contributed by atoms with Gasteiger partial charge in [0.25, 0.3) is 5.91 Å². The summed E-state index contributed by atoms with van der Waals surface area (Å²) < 4.78 is 3.82. The zero-order valence-electron chi connectivity index (χ0n) is 17.6. The summed E-state index contributed by atoms with van der Waals surface area (Å²) in [6.07, 6.45) is 4.48. The Morgan fingerprint density at radius 1 is 1.06 bits per heavy atom. The third-order valence-corrected chi connectivity index (χ3v) is 6.01. The number of hydrogen-bond acceptors (Lipinski definition) is 4. The maximum atomic E-state index is 12.9. The summed E-state index contributed by atoms with van der Waals surface area (Å²) in [5.41, 5.74) is 3.21. The summed E-state index contributed by atoms with van der Waals surface area (Å²) in [6.45, 7) is 2.73. The molecule has 0 radical (unpaired) electrons. The normalized spacial score (nSPS) is 13.6. The maximum Gasteiger partial charge on any atom is 0.280 e. The first-order valence-corrected chi connectivity index (χ1v) is 11.0. The van der Waals surface area contributed by atoms with Gasteiger partial charge in [0.2, 0.25) is 5.43 Å². The van der Waals surface area contributed by atoms with Gasteiger partial charge in [-0.05, 0) is 62.2 Å². The summed E-state index contributed by atoms with van der Waals surface area (Å²) in [7, 11) is 0. The number of anilines is 1. The first-order chi connectivity index (χ1) is 15.5. The lowest BCUT2D eigenvalue weighted by Gasteiger charge is -2.11. The van der Waals surface area contributed by atoms with Crippen LogP contribution in [0.15, 0.2) is 53.3 Å². The lowest BCUT2D eigenvalue weighted by Crippen LogP contribution is -2.26. The van der Waals surface area contributed by atoms with E-state index in [2.05, 4.69) is 15.0 Å². The highest BCUT2D eigenvalue weighted by Gasteiger charge is 2.18. The largest absolute Gasteiger partial charge is 0.328 e. The summed E-state index contributed by atoms with van der Waals surface area (Å²) in [5.74, 6) is 0.532. The lowest BCUT2D eigenvalue weighted by molar-refractivity contribution is 0.101. The van der Waals surface area contributed by atoms with E-state index in [4.69, 9.17) is 16.6 Å². The minimum absolute atomic E-state index is 0.175. The van der Waals surface area contributed by atoms with Crippen molar-refractivity contribution in [1.29, 1.82) is 0 Å². The Morgan fingerprint density at radius 3 is 2.69 bits per heavy atom. The van der Waals surface area contributed by atoms with Crippen molar-refractivity contribution in [2.24, 2.45) is 0 Å². The van der Waals surface area contributed by atoms with E-state index in [1.807, 2.05) is 18.2 Å². The van der Waals surface area contributed by atoms with Gasteiger partial charge in [-0.2, -0.15) is 5.10 Å². The highest BCUT2D eigenvalue weighted by Crippen LogP contribution is 2.24. The highest BCUT2D eigenvalue weighted by atomic mass is 35.5. The molecule has 0 fully saturated rings. The number of carbonyl (C=O) groups is 1. The third-order valence-electron chi connectivity index (χ3n) is 5.76. The predicted octanol–water partition coefficient (Wildman–Crippen LogP) is 4.52. The van der Waals surface area contributed by atoms with Gasteiger partial charge in [0.15, 0.2) is 5.69 Å². The molecule has 0 saturated carbocycles. The molecule has 162 valence electrons. The van der Waals surface area contributed by atoms with E-state index in [-0.39, 0.29) is 5.69 Å². The average molecular weight is 448 g/mol. The molecule has 0 aliphatic carbocycles. The van der Waals surface area contributed by atoms with Crippen molar-refractivity contribution in [2.75, 3.05) is 5.32 Å². The van der Waals surface area contributed by atoms with E-state index < -0.39 is 11.3 Å². The molecule has 32 heavy (non-hydrogen) atoms. The number of aryl methyl sites for hydroxylation is 3.